The number of ketones is 1. The van der Waals surface area contributed by atoms with Gasteiger partial charge in [-0.3, -0.25) is 9.59 Å². The number of amides is 1. The summed E-state index contributed by atoms with van der Waals surface area (Å²) in [6.45, 7) is 2.53. The fourth-order valence-electron chi connectivity index (χ4n) is 4.55. The van der Waals surface area contributed by atoms with Gasteiger partial charge in [0, 0.05) is 30.0 Å². The van der Waals surface area contributed by atoms with Crippen LogP contribution < -0.4 is 19.5 Å². The van der Waals surface area contributed by atoms with Crippen molar-refractivity contribution >= 4 is 11.7 Å². The van der Waals surface area contributed by atoms with Crippen molar-refractivity contribution in [2.75, 3.05) is 20.8 Å². The van der Waals surface area contributed by atoms with Crippen LogP contribution in [-0.4, -0.2) is 32.5 Å². The Kier molecular flexibility index (Phi) is 5.98. The number of nitrogens with one attached hydrogen (secondary N) is 1. The van der Waals surface area contributed by atoms with Gasteiger partial charge in [-0.15, -0.1) is 0 Å². The fourth-order valence-corrected chi connectivity index (χ4v) is 4.55. The van der Waals surface area contributed by atoms with Gasteiger partial charge in [0.15, 0.2) is 17.3 Å². The Hall–Kier alpha value is -3.28. The first-order valence-electron chi connectivity index (χ1n) is 10.5. The number of rotatable bonds is 6. The second kappa shape index (κ2) is 8.84. The Balaban J connectivity index is 1.65. The van der Waals surface area contributed by atoms with Crippen molar-refractivity contribution < 1.29 is 23.8 Å². The molecule has 0 spiro atoms. The molecular formula is C25H27NO5. The summed E-state index contributed by atoms with van der Waals surface area (Å²) in [5, 5.41) is 2.97. The highest BCUT2D eigenvalue weighted by molar-refractivity contribution is 6.02. The lowest BCUT2D eigenvalue weighted by Crippen LogP contribution is -2.38. The lowest BCUT2D eigenvalue weighted by atomic mass is 9.73. The fraction of sp³-hybridized carbons (Fsp3) is 0.360. The maximum absolute atomic E-state index is 13.3. The number of ether oxygens (including phenoxy) is 3. The number of carbonyl (C=O) groups excluding carboxylic acids is 2. The zero-order valence-corrected chi connectivity index (χ0v) is 18.1. The van der Waals surface area contributed by atoms with E-state index in [2.05, 4.69) is 5.32 Å². The van der Waals surface area contributed by atoms with E-state index >= 15 is 0 Å². The Labute approximate surface area is 182 Å². The van der Waals surface area contributed by atoms with Crippen LogP contribution in [0, 0.1) is 0 Å². The Morgan fingerprint density at radius 1 is 0.903 bits per heavy atom. The second-order valence-electron chi connectivity index (χ2n) is 7.84. The molecular weight excluding hydrogens is 394 g/mol. The summed E-state index contributed by atoms with van der Waals surface area (Å²) >= 11 is 0. The summed E-state index contributed by atoms with van der Waals surface area (Å²) in [5.41, 5.74) is 3.44. The van der Waals surface area contributed by atoms with E-state index in [0.717, 1.165) is 28.1 Å². The van der Waals surface area contributed by atoms with E-state index in [1.165, 1.54) is 0 Å². The largest absolute Gasteiger partial charge is 0.494 e. The molecule has 4 rings (SSSR count). The smallest absolute Gasteiger partial charge is 0.225 e. The molecule has 1 aliphatic carbocycles. The van der Waals surface area contributed by atoms with Crippen molar-refractivity contribution in [3.05, 3.63) is 64.9 Å². The molecule has 0 bridgehead atoms. The van der Waals surface area contributed by atoms with Crippen LogP contribution in [0.25, 0.3) is 0 Å². The molecule has 2 aromatic rings. The molecule has 1 amide bonds. The third-order valence-electron chi connectivity index (χ3n) is 6.01. The number of carbonyl (C=O) groups is 2. The van der Waals surface area contributed by atoms with Gasteiger partial charge in [0.25, 0.3) is 0 Å². The molecule has 6 nitrogen and oxygen atoms in total. The number of allylic oxidation sites excluding steroid dienone is 2. The van der Waals surface area contributed by atoms with Crippen LogP contribution in [0.15, 0.2) is 53.7 Å². The highest BCUT2D eigenvalue weighted by Gasteiger charge is 2.38. The Morgan fingerprint density at radius 3 is 2.29 bits per heavy atom. The molecule has 6 heteroatoms. The highest BCUT2D eigenvalue weighted by Crippen LogP contribution is 2.44. The third-order valence-corrected chi connectivity index (χ3v) is 6.01. The minimum Gasteiger partial charge on any atom is -0.494 e. The average molecular weight is 421 g/mol. The standard InChI is InChI=1S/C25H27NO5/c1-4-31-18-8-5-15(6-9-18)19-14-24(28)26-20-11-17(12-21(27)25(19)20)16-7-10-22(29-2)23(13-16)30-3/h5-10,13,17,19H,4,11-12,14H2,1-3H3,(H,26,28)/t17-,19+/m0/s1. The zero-order valence-electron chi connectivity index (χ0n) is 18.1. The van der Waals surface area contributed by atoms with Gasteiger partial charge in [-0.1, -0.05) is 18.2 Å². The molecule has 31 heavy (non-hydrogen) atoms. The van der Waals surface area contributed by atoms with Gasteiger partial charge < -0.3 is 19.5 Å². The molecule has 162 valence electrons. The van der Waals surface area contributed by atoms with Gasteiger partial charge in [-0.2, -0.15) is 0 Å². The van der Waals surface area contributed by atoms with Gasteiger partial charge in [0.1, 0.15) is 5.75 Å². The van der Waals surface area contributed by atoms with Crippen molar-refractivity contribution in [2.24, 2.45) is 0 Å². The number of hydrogen-bond donors (Lipinski definition) is 1. The minimum absolute atomic E-state index is 0.0227. The summed E-state index contributed by atoms with van der Waals surface area (Å²) in [6.07, 6.45) is 1.28. The number of Topliss-reactive ketones (excluding diaryl/α,β-unsaturated/α-hetero) is 1. The molecule has 0 saturated heterocycles. The normalized spacial score (nSPS) is 20.7. The molecule has 1 heterocycles. The van der Waals surface area contributed by atoms with E-state index in [9.17, 15) is 9.59 Å². The number of benzene rings is 2. The molecule has 1 aliphatic heterocycles. The average Bonchev–Trinajstić information content (AvgIpc) is 2.78. The molecule has 0 unspecified atom stereocenters. The lowest BCUT2D eigenvalue weighted by molar-refractivity contribution is -0.122. The predicted octanol–water partition coefficient (Wildman–Crippen LogP) is 4.11. The van der Waals surface area contributed by atoms with E-state index in [1.807, 2.05) is 49.4 Å². The van der Waals surface area contributed by atoms with E-state index in [1.54, 1.807) is 14.2 Å². The van der Waals surface area contributed by atoms with Gasteiger partial charge in [-0.05, 0) is 54.7 Å². The lowest BCUT2D eigenvalue weighted by Gasteiger charge is -2.34. The van der Waals surface area contributed by atoms with Gasteiger partial charge >= 0.3 is 0 Å². The molecule has 0 saturated carbocycles. The molecule has 2 atom stereocenters. The van der Waals surface area contributed by atoms with Crippen molar-refractivity contribution in [1.82, 2.24) is 5.32 Å². The van der Waals surface area contributed by atoms with Crippen LogP contribution in [0.1, 0.15) is 49.1 Å². The van der Waals surface area contributed by atoms with Gasteiger partial charge in [0.05, 0.1) is 20.8 Å². The predicted molar refractivity (Wildman–Crippen MR) is 117 cm³/mol. The zero-order chi connectivity index (χ0) is 22.0. The quantitative estimate of drug-likeness (QED) is 0.760. The van der Waals surface area contributed by atoms with Crippen LogP contribution in [0.3, 0.4) is 0 Å². The first-order valence-corrected chi connectivity index (χ1v) is 10.5. The molecule has 2 aromatic carbocycles. The summed E-state index contributed by atoms with van der Waals surface area (Å²) < 4.78 is 16.3. The third kappa shape index (κ3) is 4.15. The van der Waals surface area contributed by atoms with Crippen LogP contribution in [0.4, 0.5) is 0 Å². The summed E-state index contributed by atoms with van der Waals surface area (Å²) in [5.74, 6) is 1.84. The van der Waals surface area contributed by atoms with E-state index in [0.29, 0.717) is 30.9 Å². The van der Waals surface area contributed by atoms with E-state index in [4.69, 9.17) is 14.2 Å². The maximum Gasteiger partial charge on any atom is 0.225 e. The van der Waals surface area contributed by atoms with Gasteiger partial charge in [-0.25, -0.2) is 0 Å². The topological polar surface area (TPSA) is 73.9 Å². The summed E-state index contributed by atoms with van der Waals surface area (Å²) in [7, 11) is 3.19. The highest BCUT2D eigenvalue weighted by atomic mass is 16.5. The van der Waals surface area contributed by atoms with Crippen molar-refractivity contribution in [3.63, 3.8) is 0 Å². The van der Waals surface area contributed by atoms with Crippen LogP contribution >= 0.6 is 0 Å². The molecule has 2 aliphatic rings. The summed E-state index contributed by atoms with van der Waals surface area (Å²) in [4.78, 5) is 25.7. The minimum atomic E-state index is -0.224. The molecule has 1 N–H and O–H groups in total. The first-order chi connectivity index (χ1) is 15.0. The van der Waals surface area contributed by atoms with Crippen molar-refractivity contribution in [1.29, 1.82) is 0 Å². The number of hydrogen-bond acceptors (Lipinski definition) is 5. The maximum atomic E-state index is 13.3. The van der Waals surface area contributed by atoms with Crippen LogP contribution in [-0.2, 0) is 9.59 Å². The Morgan fingerprint density at radius 2 is 1.61 bits per heavy atom. The Bertz CT molecular complexity index is 1020. The SMILES string of the molecule is CCOc1ccc([C@H]2CC(=O)NC3=C2C(=O)C[C@@H](c2ccc(OC)c(OC)c2)C3)cc1. The number of methoxy groups -OCH3 is 2. The summed E-state index contributed by atoms with van der Waals surface area (Å²) in [6, 6.07) is 13.4. The van der Waals surface area contributed by atoms with Crippen LogP contribution in [0.5, 0.6) is 17.2 Å². The molecule has 0 aromatic heterocycles. The van der Waals surface area contributed by atoms with Crippen LogP contribution in [0.2, 0.25) is 0 Å². The second-order valence-corrected chi connectivity index (χ2v) is 7.84. The van der Waals surface area contributed by atoms with E-state index in [-0.39, 0.29) is 29.9 Å². The van der Waals surface area contributed by atoms with Crippen molar-refractivity contribution in [2.45, 2.75) is 38.0 Å². The van der Waals surface area contributed by atoms with Gasteiger partial charge in [0.2, 0.25) is 5.91 Å². The monoisotopic (exact) mass is 421 g/mol. The first kappa shape index (κ1) is 21.0. The molecule has 0 fully saturated rings. The molecule has 0 radical (unpaired) electrons. The van der Waals surface area contributed by atoms with Crippen molar-refractivity contribution in [3.8, 4) is 17.2 Å². The van der Waals surface area contributed by atoms with E-state index < -0.39 is 0 Å².